The van der Waals surface area contributed by atoms with Gasteiger partial charge in [0.15, 0.2) is 6.04 Å². The predicted molar refractivity (Wildman–Crippen MR) is 38.7 cm³/mol. The van der Waals surface area contributed by atoms with Crippen LogP contribution in [0.1, 0.15) is 6.42 Å². The number of carbonyl (C=O) groups is 1. The summed E-state index contributed by atoms with van der Waals surface area (Å²) in [6, 6.07) is -1.08. The van der Waals surface area contributed by atoms with Gasteiger partial charge in [-0.1, -0.05) is 11.8 Å². The second kappa shape index (κ2) is 5.10. The Bertz CT molecular complexity index is 170. The molecular weight excluding hydrogens is 154 g/mol. The van der Waals surface area contributed by atoms with Crippen LogP contribution in [0.4, 0.5) is 0 Å². The molecule has 0 aliphatic rings. The smallest absolute Gasteiger partial charge is 0.333 e. The summed E-state index contributed by atoms with van der Waals surface area (Å²) < 4.78 is 0. The third-order valence-corrected chi connectivity index (χ3v) is 0.932. The summed E-state index contributed by atoms with van der Waals surface area (Å²) in [6.07, 6.45) is 0.475. The van der Waals surface area contributed by atoms with Crippen LogP contribution in [0.3, 0.4) is 0 Å². The van der Waals surface area contributed by atoms with Gasteiger partial charge in [-0.05, 0) is 0 Å². The lowest BCUT2D eigenvalue weighted by Gasteiger charge is -1.92. The van der Waals surface area contributed by atoms with Gasteiger partial charge in [-0.2, -0.15) is 0 Å². The van der Waals surface area contributed by atoms with Gasteiger partial charge in [-0.15, -0.1) is 11.6 Å². The van der Waals surface area contributed by atoms with E-state index < -0.39 is 12.0 Å². The Morgan fingerprint density at radius 3 is 2.80 bits per heavy atom. The molecule has 3 nitrogen and oxygen atoms in total. The number of nitrogens with two attached hydrogens (primary N) is 1. The summed E-state index contributed by atoms with van der Waals surface area (Å²) in [6.45, 7) is 0. The van der Waals surface area contributed by atoms with Crippen molar-refractivity contribution in [2.24, 2.45) is 5.73 Å². The molecule has 0 amide bonds. The van der Waals surface area contributed by atoms with Gasteiger partial charge in [0.25, 0.3) is 0 Å². The Hall–Kier alpha value is -0.720. The van der Waals surface area contributed by atoms with Crippen LogP contribution in [0.2, 0.25) is 0 Å². The van der Waals surface area contributed by atoms with Gasteiger partial charge in [0.05, 0.1) is 0 Å². The lowest BCUT2D eigenvalue weighted by atomic mass is 10.3. The fourth-order valence-corrected chi connectivity index (χ4v) is 0.386. The molecule has 0 fully saturated rings. The zero-order valence-electron chi connectivity index (χ0n) is 5.30. The molecule has 0 spiro atoms. The molecule has 0 aliphatic carbocycles. The Labute approximate surface area is 64.2 Å². The number of aliphatic carboxylic acids is 1. The minimum absolute atomic E-state index is 0.402. The Kier molecular flexibility index (Phi) is 4.73. The molecule has 0 aromatic heterocycles. The highest BCUT2D eigenvalue weighted by Gasteiger charge is 2.04. The Morgan fingerprint density at radius 2 is 2.40 bits per heavy atom. The molecule has 0 bridgehead atoms. The Morgan fingerprint density at radius 1 is 1.80 bits per heavy atom. The molecule has 0 heterocycles. The quantitative estimate of drug-likeness (QED) is 0.444. The van der Waals surface area contributed by atoms with Gasteiger partial charge in [0, 0.05) is 12.3 Å². The number of hydrogen-bond acceptors (Lipinski definition) is 2. The SMILES string of the molecule is NC(C#CCCCl)C(=O)O. The van der Waals surface area contributed by atoms with Crippen molar-refractivity contribution in [2.75, 3.05) is 5.88 Å². The van der Waals surface area contributed by atoms with Crippen LogP contribution in [-0.2, 0) is 4.79 Å². The van der Waals surface area contributed by atoms with Crippen LogP contribution in [0, 0.1) is 11.8 Å². The van der Waals surface area contributed by atoms with Gasteiger partial charge in [0.2, 0.25) is 0 Å². The van der Waals surface area contributed by atoms with Gasteiger partial charge >= 0.3 is 5.97 Å². The second-order valence-electron chi connectivity index (χ2n) is 1.58. The van der Waals surface area contributed by atoms with Crippen LogP contribution in [0.15, 0.2) is 0 Å². The maximum absolute atomic E-state index is 10.0. The molecule has 0 aromatic rings. The molecule has 0 radical (unpaired) electrons. The van der Waals surface area contributed by atoms with E-state index in [-0.39, 0.29) is 0 Å². The van der Waals surface area contributed by atoms with Gasteiger partial charge in [0.1, 0.15) is 0 Å². The largest absolute Gasteiger partial charge is 0.479 e. The molecule has 1 unspecified atom stereocenters. The van der Waals surface area contributed by atoms with Crippen molar-refractivity contribution in [3.8, 4) is 11.8 Å². The van der Waals surface area contributed by atoms with Crippen molar-refractivity contribution in [2.45, 2.75) is 12.5 Å². The van der Waals surface area contributed by atoms with Crippen LogP contribution in [0.5, 0.6) is 0 Å². The highest BCUT2D eigenvalue weighted by Crippen LogP contribution is 1.81. The molecule has 0 saturated carbocycles. The van der Waals surface area contributed by atoms with Crippen LogP contribution in [0.25, 0.3) is 0 Å². The van der Waals surface area contributed by atoms with Crippen LogP contribution in [-0.4, -0.2) is 23.0 Å². The van der Waals surface area contributed by atoms with Crippen molar-refractivity contribution in [1.29, 1.82) is 0 Å². The number of rotatable bonds is 2. The van der Waals surface area contributed by atoms with Gasteiger partial charge in [-0.3, -0.25) is 0 Å². The van der Waals surface area contributed by atoms with Crippen molar-refractivity contribution < 1.29 is 9.90 Å². The lowest BCUT2D eigenvalue weighted by molar-refractivity contribution is -0.137. The third kappa shape index (κ3) is 4.19. The number of alkyl halides is 1. The molecule has 10 heavy (non-hydrogen) atoms. The first-order valence-corrected chi connectivity index (χ1v) is 3.24. The maximum atomic E-state index is 10.0. The average Bonchev–Trinajstić information content (AvgIpc) is 1.88. The first kappa shape index (κ1) is 9.28. The minimum atomic E-state index is -1.11. The van der Waals surface area contributed by atoms with Gasteiger partial charge < -0.3 is 10.8 Å². The number of halogens is 1. The monoisotopic (exact) mass is 161 g/mol. The van der Waals surface area contributed by atoms with Gasteiger partial charge in [-0.25, -0.2) is 4.79 Å². The lowest BCUT2D eigenvalue weighted by Crippen LogP contribution is -2.27. The molecular formula is C6H8ClNO2. The van der Waals surface area contributed by atoms with E-state index in [0.717, 1.165) is 0 Å². The average molecular weight is 162 g/mol. The number of carboxylic acids is 1. The van der Waals surface area contributed by atoms with E-state index in [9.17, 15) is 4.79 Å². The number of carboxylic acid groups (broad SMARTS) is 1. The van der Waals surface area contributed by atoms with Crippen molar-refractivity contribution in [1.82, 2.24) is 0 Å². The summed E-state index contributed by atoms with van der Waals surface area (Å²) in [4.78, 5) is 10.0. The Balaban J connectivity index is 3.68. The summed E-state index contributed by atoms with van der Waals surface area (Å²) in [5.41, 5.74) is 5.04. The fraction of sp³-hybridized carbons (Fsp3) is 0.500. The molecule has 0 aliphatic heterocycles. The van der Waals surface area contributed by atoms with Crippen LogP contribution < -0.4 is 5.73 Å². The fourth-order valence-electron chi connectivity index (χ4n) is 0.291. The third-order valence-electron chi connectivity index (χ3n) is 0.743. The second-order valence-corrected chi connectivity index (χ2v) is 1.95. The first-order valence-electron chi connectivity index (χ1n) is 2.71. The summed E-state index contributed by atoms with van der Waals surface area (Å²) in [7, 11) is 0. The zero-order valence-corrected chi connectivity index (χ0v) is 6.06. The molecule has 1 atom stereocenters. The van der Waals surface area contributed by atoms with E-state index in [1.807, 2.05) is 0 Å². The molecule has 56 valence electrons. The van der Waals surface area contributed by atoms with Crippen molar-refractivity contribution >= 4 is 17.6 Å². The summed E-state index contributed by atoms with van der Waals surface area (Å²) >= 11 is 5.27. The normalized spacial score (nSPS) is 11.4. The molecule has 0 rings (SSSR count). The summed E-state index contributed by atoms with van der Waals surface area (Å²) in [5, 5.41) is 8.22. The van der Waals surface area contributed by atoms with E-state index >= 15 is 0 Å². The van der Waals surface area contributed by atoms with E-state index in [0.29, 0.717) is 12.3 Å². The molecule has 4 heteroatoms. The van der Waals surface area contributed by atoms with E-state index in [1.165, 1.54) is 0 Å². The van der Waals surface area contributed by atoms with E-state index in [2.05, 4.69) is 11.8 Å². The minimum Gasteiger partial charge on any atom is -0.479 e. The number of hydrogen-bond donors (Lipinski definition) is 2. The summed E-state index contributed by atoms with van der Waals surface area (Å²) in [5.74, 6) is 4.15. The highest BCUT2D eigenvalue weighted by atomic mass is 35.5. The highest BCUT2D eigenvalue weighted by molar-refractivity contribution is 6.18. The maximum Gasteiger partial charge on any atom is 0.333 e. The van der Waals surface area contributed by atoms with Crippen molar-refractivity contribution in [3.63, 3.8) is 0 Å². The molecule has 0 aromatic carbocycles. The first-order chi connectivity index (χ1) is 4.68. The van der Waals surface area contributed by atoms with Crippen molar-refractivity contribution in [3.05, 3.63) is 0 Å². The van der Waals surface area contributed by atoms with Crippen LogP contribution >= 0.6 is 11.6 Å². The molecule has 3 N–H and O–H groups in total. The predicted octanol–water partition coefficient (Wildman–Crippen LogP) is 0.0306. The zero-order chi connectivity index (χ0) is 7.98. The topological polar surface area (TPSA) is 63.3 Å². The van der Waals surface area contributed by atoms with E-state index in [4.69, 9.17) is 22.4 Å². The van der Waals surface area contributed by atoms with E-state index in [1.54, 1.807) is 0 Å². The standard InChI is InChI=1S/C6H8ClNO2/c7-4-2-1-3-5(8)6(9)10/h5H,2,4,8H2,(H,9,10). The molecule has 0 saturated heterocycles.